The summed E-state index contributed by atoms with van der Waals surface area (Å²) in [7, 11) is 0. The highest BCUT2D eigenvalue weighted by Gasteiger charge is 2.38. The van der Waals surface area contributed by atoms with Gasteiger partial charge in [-0.05, 0) is 44.7 Å². The molecule has 4 amide bonds. The number of amides is 4. The van der Waals surface area contributed by atoms with Gasteiger partial charge < -0.3 is 15.4 Å². The van der Waals surface area contributed by atoms with Crippen LogP contribution >= 0.6 is 0 Å². The van der Waals surface area contributed by atoms with Gasteiger partial charge in [-0.2, -0.15) is 0 Å². The van der Waals surface area contributed by atoms with Gasteiger partial charge >= 0.3 is 6.09 Å². The van der Waals surface area contributed by atoms with Crippen LogP contribution in [0.15, 0.2) is 60.7 Å². The van der Waals surface area contributed by atoms with Crippen LogP contribution in [0.5, 0.6) is 0 Å². The molecule has 1 fully saturated rings. The second-order valence-corrected chi connectivity index (χ2v) is 10.3. The SMILES string of the molecule is CC(C)(C)OC(=O)N1CCC[C@H]1C(=O)N[C@@H](Cc1ccccc1)C(=O)N[C@H](Cc1ccccc1)C(=O)NN. The van der Waals surface area contributed by atoms with Crippen LogP contribution in [0.1, 0.15) is 44.7 Å². The molecule has 0 aromatic heterocycles. The Bertz CT molecular complexity index is 1100. The van der Waals surface area contributed by atoms with Gasteiger partial charge in [-0.15, -0.1) is 0 Å². The summed E-state index contributed by atoms with van der Waals surface area (Å²) >= 11 is 0. The summed E-state index contributed by atoms with van der Waals surface area (Å²) in [4.78, 5) is 53.4. The maximum Gasteiger partial charge on any atom is 0.410 e. The van der Waals surface area contributed by atoms with E-state index in [0.717, 1.165) is 11.1 Å². The quantitative estimate of drug-likeness (QED) is 0.224. The fourth-order valence-corrected chi connectivity index (χ4v) is 4.34. The highest BCUT2D eigenvalue weighted by molar-refractivity contribution is 5.94. The Morgan fingerprint density at radius 2 is 1.42 bits per heavy atom. The number of carbonyl (C=O) groups excluding carboxylic acids is 4. The number of hydrazine groups is 1. The third-order valence-electron chi connectivity index (χ3n) is 6.16. The van der Waals surface area contributed by atoms with E-state index in [1.165, 1.54) is 4.90 Å². The Morgan fingerprint density at radius 3 is 1.92 bits per heavy atom. The molecule has 10 heteroatoms. The smallest absolute Gasteiger partial charge is 0.410 e. The topological polar surface area (TPSA) is 143 Å². The number of ether oxygens (including phenoxy) is 1. The molecule has 3 rings (SSSR count). The third-order valence-corrected chi connectivity index (χ3v) is 6.16. The van der Waals surface area contributed by atoms with Crippen LogP contribution in [0, 0.1) is 0 Å². The molecule has 5 N–H and O–H groups in total. The van der Waals surface area contributed by atoms with Gasteiger partial charge in [-0.1, -0.05) is 60.7 Å². The average Bonchev–Trinajstić information content (AvgIpc) is 3.38. The third kappa shape index (κ3) is 8.31. The van der Waals surface area contributed by atoms with Crippen LogP contribution in [0.3, 0.4) is 0 Å². The Labute approximate surface area is 223 Å². The fourth-order valence-electron chi connectivity index (χ4n) is 4.34. The molecule has 0 bridgehead atoms. The van der Waals surface area contributed by atoms with Crippen molar-refractivity contribution in [3.63, 3.8) is 0 Å². The molecule has 2 aromatic carbocycles. The molecule has 0 radical (unpaired) electrons. The molecule has 0 unspecified atom stereocenters. The minimum atomic E-state index is -0.991. The molecular weight excluding hydrogens is 486 g/mol. The first-order valence-electron chi connectivity index (χ1n) is 12.8. The molecule has 10 nitrogen and oxygen atoms in total. The number of nitrogens with two attached hydrogens (primary N) is 1. The highest BCUT2D eigenvalue weighted by Crippen LogP contribution is 2.21. The lowest BCUT2D eigenvalue weighted by molar-refractivity contribution is -0.133. The second kappa shape index (κ2) is 13.0. The normalized spacial score (nSPS) is 16.7. The summed E-state index contributed by atoms with van der Waals surface area (Å²) in [5.74, 6) is 3.84. The first-order chi connectivity index (χ1) is 18.1. The molecular formula is C28H37N5O5. The molecule has 3 atom stereocenters. The summed E-state index contributed by atoms with van der Waals surface area (Å²) in [6, 6.07) is 15.8. The van der Waals surface area contributed by atoms with Gasteiger partial charge in [0, 0.05) is 19.4 Å². The number of nitrogens with zero attached hydrogens (tertiary/aromatic N) is 1. The Kier molecular flexibility index (Phi) is 9.84. The Hall–Kier alpha value is -3.92. The number of carbonyl (C=O) groups is 4. The molecule has 0 saturated carbocycles. The van der Waals surface area contributed by atoms with Gasteiger partial charge in [0.25, 0.3) is 5.91 Å². The molecule has 1 aliphatic rings. The molecule has 0 spiro atoms. The molecule has 2 aromatic rings. The van der Waals surface area contributed by atoms with E-state index >= 15 is 0 Å². The summed E-state index contributed by atoms with van der Waals surface area (Å²) < 4.78 is 5.47. The van der Waals surface area contributed by atoms with Gasteiger partial charge in [0.05, 0.1) is 0 Å². The zero-order chi connectivity index (χ0) is 27.7. The minimum absolute atomic E-state index is 0.194. The van der Waals surface area contributed by atoms with Gasteiger partial charge in [-0.25, -0.2) is 10.6 Å². The number of hydrogen-bond acceptors (Lipinski definition) is 6. The minimum Gasteiger partial charge on any atom is -0.444 e. The van der Waals surface area contributed by atoms with Gasteiger partial charge in [0.15, 0.2) is 0 Å². The van der Waals surface area contributed by atoms with Crippen LogP contribution < -0.4 is 21.9 Å². The predicted molar refractivity (Wildman–Crippen MR) is 142 cm³/mol. The molecule has 0 aliphatic carbocycles. The summed E-state index contributed by atoms with van der Waals surface area (Å²) in [6.07, 6.45) is 0.942. The van der Waals surface area contributed by atoms with Crippen molar-refractivity contribution in [1.82, 2.24) is 21.0 Å². The van der Waals surface area contributed by atoms with Gasteiger partial charge in [0.1, 0.15) is 23.7 Å². The van der Waals surface area contributed by atoms with Crippen molar-refractivity contribution in [3.8, 4) is 0 Å². The lowest BCUT2D eigenvalue weighted by Gasteiger charge is -2.29. The summed E-state index contributed by atoms with van der Waals surface area (Å²) in [5.41, 5.74) is 3.06. The number of likely N-dealkylation sites (tertiary alicyclic amines) is 1. The zero-order valence-corrected chi connectivity index (χ0v) is 22.1. The van der Waals surface area contributed by atoms with Crippen molar-refractivity contribution in [2.24, 2.45) is 5.84 Å². The highest BCUT2D eigenvalue weighted by atomic mass is 16.6. The first-order valence-corrected chi connectivity index (χ1v) is 12.8. The molecule has 1 aliphatic heterocycles. The van der Waals surface area contributed by atoms with E-state index in [9.17, 15) is 19.2 Å². The van der Waals surface area contributed by atoms with Crippen molar-refractivity contribution in [2.45, 2.75) is 70.2 Å². The molecule has 1 heterocycles. The average molecular weight is 524 g/mol. The van der Waals surface area contributed by atoms with Gasteiger partial charge in [-0.3, -0.25) is 24.7 Å². The molecule has 38 heavy (non-hydrogen) atoms. The van der Waals surface area contributed by atoms with Crippen molar-refractivity contribution in [2.75, 3.05) is 6.54 Å². The molecule has 204 valence electrons. The van der Waals surface area contributed by atoms with Crippen LogP contribution in [0.2, 0.25) is 0 Å². The lowest BCUT2D eigenvalue weighted by atomic mass is 10.0. The lowest BCUT2D eigenvalue weighted by Crippen LogP contribution is -2.58. The van der Waals surface area contributed by atoms with Crippen LogP contribution in [-0.4, -0.2) is 59.0 Å². The fraction of sp³-hybridized carbons (Fsp3) is 0.429. The van der Waals surface area contributed by atoms with Crippen molar-refractivity contribution in [3.05, 3.63) is 71.8 Å². The van der Waals surface area contributed by atoms with Crippen molar-refractivity contribution < 1.29 is 23.9 Å². The second-order valence-electron chi connectivity index (χ2n) is 10.3. The monoisotopic (exact) mass is 523 g/mol. The van der Waals surface area contributed by atoms with Crippen LogP contribution in [0.25, 0.3) is 0 Å². The van der Waals surface area contributed by atoms with Crippen molar-refractivity contribution in [1.29, 1.82) is 0 Å². The van der Waals surface area contributed by atoms with E-state index in [0.29, 0.717) is 19.4 Å². The Balaban J connectivity index is 1.78. The maximum absolute atomic E-state index is 13.5. The number of hydrogen-bond donors (Lipinski definition) is 4. The van der Waals surface area contributed by atoms with E-state index in [4.69, 9.17) is 10.6 Å². The van der Waals surface area contributed by atoms with E-state index in [2.05, 4.69) is 16.1 Å². The number of benzene rings is 2. The van der Waals surface area contributed by atoms with Crippen molar-refractivity contribution >= 4 is 23.8 Å². The first kappa shape index (κ1) is 28.6. The van der Waals surface area contributed by atoms with E-state index in [1.807, 2.05) is 60.7 Å². The van der Waals surface area contributed by atoms with E-state index in [-0.39, 0.29) is 12.8 Å². The van der Waals surface area contributed by atoms with Gasteiger partial charge in [0.2, 0.25) is 11.8 Å². The summed E-state index contributed by atoms with van der Waals surface area (Å²) in [6.45, 7) is 5.68. The van der Waals surface area contributed by atoms with E-state index in [1.54, 1.807) is 20.8 Å². The number of rotatable bonds is 9. The standard InChI is InChI=1S/C28H37N5O5/c1-28(2,3)38-27(37)33-16-10-15-23(33)26(36)31-21(17-19-11-6-4-7-12-19)24(34)30-22(25(35)32-29)18-20-13-8-5-9-14-20/h4-9,11-14,21-23H,10,15-18,29H2,1-3H3,(H,30,34)(H,31,36)(H,32,35)/t21-,22+,23-/m0/s1. The zero-order valence-electron chi connectivity index (χ0n) is 22.1. The van der Waals surface area contributed by atoms with Crippen LogP contribution in [-0.2, 0) is 32.0 Å². The van der Waals surface area contributed by atoms with Crippen LogP contribution in [0.4, 0.5) is 4.79 Å². The summed E-state index contributed by atoms with van der Waals surface area (Å²) in [5, 5.41) is 5.56. The molecule has 1 saturated heterocycles. The number of nitrogens with one attached hydrogen (secondary N) is 3. The maximum atomic E-state index is 13.5. The Morgan fingerprint density at radius 1 is 0.895 bits per heavy atom. The van der Waals surface area contributed by atoms with E-state index < -0.39 is 47.5 Å². The predicted octanol–water partition coefficient (Wildman–Crippen LogP) is 1.83. The largest absolute Gasteiger partial charge is 0.444 e.